The molecule has 4 rings (SSSR count). The SMILES string of the molecule is OC1[CH+]c2c3ccccc3cc3cccc1c23. The molecule has 1 heteroatoms. The summed E-state index contributed by atoms with van der Waals surface area (Å²) >= 11 is 0. The highest BCUT2D eigenvalue weighted by atomic mass is 16.3. The van der Waals surface area contributed by atoms with Crippen molar-refractivity contribution in [1.82, 2.24) is 0 Å². The molecule has 0 radical (unpaired) electrons. The summed E-state index contributed by atoms with van der Waals surface area (Å²) in [6, 6.07) is 16.7. The summed E-state index contributed by atoms with van der Waals surface area (Å²) in [6.07, 6.45) is 1.50. The van der Waals surface area contributed by atoms with Gasteiger partial charge in [-0.25, -0.2) is 0 Å². The number of hydrogen-bond donors (Lipinski definition) is 1. The Morgan fingerprint density at radius 1 is 0.941 bits per heavy atom. The minimum Gasteiger partial charge on any atom is -0.371 e. The maximum atomic E-state index is 10.1. The second-order valence-electron chi connectivity index (χ2n) is 4.57. The smallest absolute Gasteiger partial charge is 0.156 e. The molecule has 3 aromatic rings. The fourth-order valence-corrected chi connectivity index (χ4v) is 2.86. The van der Waals surface area contributed by atoms with Gasteiger partial charge < -0.3 is 5.11 Å². The van der Waals surface area contributed by atoms with Crippen molar-refractivity contribution in [3.05, 3.63) is 66.1 Å². The zero-order valence-corrected chi connectivity index (χ0v) is 9.22. The highest BCUT2D eigenvalue weighted by Crippen LogP contribution is 2.42. The lowest BCUT2D eigenvalue weighted by Crippen LogP contribution is -1.89. The first-order valence-corrected chi connectivity index (χ1v) is 5.82. The van der Waals surface area contributed by atoms with Gasteiger partial charge in [0.15, 0.2) is 6.10 Å². The molecule has 0 fully saturated rings. The maximum absolute atomic E-state index is 10.1. The first-order valence-electron chi connectivity index (χ1n) is 5.82. The third-order valence-electron chi connectivity index (χ3n) is 3.60. The van der Waals surface area contributed by atoms with Gasteiger partial charge in [0.1, 0.15) is 5.56 Å². The van der Waals surface area contributed by atoms with Crippen LogP contribution >= 0.6 is 0 Å². The Labute approximate surface area is 99.3 Å². The quantitative estimate of drug-likeness (QED) is 0.452. The topological polar surface area (TPSA) is 20.2 Å². The molecule has 1 N–H and O–H groups in total. The van der Waals surface area contributed by atoms with E-state index in [1.807, 2.05) is 24.6 Å². The zero-order chi connectivity index (χ0) is 11.4. The predicted octanol–water partition coefficient (Wildman–Crippen LogP) is 3.59. The Morgan fingerprint density at radius 3 is 2.71 bits per heavy atom. The fourth-order valence-electron chi connectivity index (χ4n) is 2.86. The monoisotopic (exact) mass is 219 g/mol. The van der Waals surface area contributed by atoms with Crippen LogP contribution in [-0.2, 0) is 0 Å². The van der Waals surface area contributed by atoms with E-state index in [1.165, 1.54) is 27.1 Å². The summed E-state index contributed by atoms with van der Waals surface area (Å²) in [6.45, 7) is 0. The van der Waals surface area contributed by atoms with Crippen molar-refractivity contribution in [2.45, 2.75) is 6.10 Å². The summed E-state index contributed by atoms with van der Waals surface area (Å²) in [4.78, 5) is 0. The summed E-state index contributed by atoms with van der Waals surface area (Å²) in [5, 5.41) is 14.9. The third kappa shape index (κ3) is 1.09. The molecular weight excluding hydrogens is 208 g/mol. The van der Waals surface area contributed by atoms with Crippen molar-refractivity contribution < 1.29 is 5.11 Å². The minimum atomic E-state index is -0.459. The van der Waals surface area contributed by atoms with Gasteiger partial charge in [-0.15, -0.1) is 0 Å². The van der Waals surface area contributed by atoms with Crippen molar-refractivity contribution in [2.24, 2.45) is 0 Å². The average Bonchev–Trinajstić information content (AvgIpc) is 2.70. The molecular formula is C16H11O+. The largest absolute Gasteiger partial charge is 0.371 e. The maximum Gasteiger partial charge on any atom is 0.156 e. The van der Waals surface area contributed by atoms with E-state index in [2.05, 4.69) is 30.3 Å². The van der Waals surface area contributed by atoms with Gasteiger partial charge in [-0.2, -0.15) is 0 Å². The van der Waals surface area contributed by atoms with E-state index in [0.29, 0.717) is 0 Å². The molecule has 1 unspecified atom stereocenters. The molecule has 0 amide bonds. The molecule has 0 spiro atoms. The van der Waals surface area contributed by atoms with Crippen LogP contribution in [0.25, 0.3) is 21.5 Å². The zero-order valence-electron chi connectivity index (χ0n) is 9.22. The molecule has 0 bridgehead atoms. The van der Waals surface area contributed by atoms with Gasteiger partial charge in [0, 0.05) is 16.8 Å². The molecule has 0 saturated heterocycles. The van der Waals surface area contributed by atoms with Gasteiger partial charge in [-0.05, 0) is 30.3 Å². The van der Waals surface area contributed by atoms with Crippen molar-refractivity contribution >= 4 is 21.5 Å². The number of hydrogen-bond acceptors (Lipinski definition) is 1. The number of aliphatic hydroxyl groups excluding tert-OH is 1. The van der Waals surface area contributed by atoms with Gasteiger partial charge in [0.05, 0.1) is 22.8 Å². The standard InChI is InChI=1S/C16H11O/c17-15-9-14-12-6-2-1-4-10(12)8-11-5-3-7-13(15)16(11)14/h1-9,15,17H/q+1. The lowest BCUT2D eigenvalue weighted by Gasteiger charge is -1.98. The second kappa shape index (κ2) is 3.02. The van der Waals surface area contributed by atoms with Gasteiger partial charge >= 0.3 is 0 Å². The van der Waals surface area contributed by atoms with E-state index in [9.17, 15) is 5.11 Å². The summed E-state index contributed by atoms with van der Waals surface area (Å²) in [5.74, 6) is 0. The highest BCUT2D eigenvalue weighted by molar-refractivity contribution is 6.06. The van der Waals surface area contributed by atoms with Crippen molar-refractivity contribution in [1.29, 1.82) is 0 Å². The van der Waals surface area contributed by atoms with Crippen molar-refractivity contribution in [3.63, 3.8) is 0 Å². The molecule has 1 atom stereocenters. The molecule has 0 aliphatic heterocycles. The normalized spacial score (nSPS) is 17.6. The number of benzene rings is 3. The molecule has 3 aromatic carbocycles. The Kier molecular flexibility index (Phi) is 1.61. The van der Waals surface area contributed by atoms with Gasteiger partial charge in [0.2, 0.25) is 0 Å². The van der Waals surface area contributed by atoms with Crippen LogP contribution < -0.4 is 0 Å². The van der Waals surface area contributed by atoms with E-state index in [1.54, 1.807) is 0 Å². The van der Waals surface area contributed by atoms with Crippen molar-refractivity contribution in [3.8, 4) is 0 Å². The van der Waals surface area contributed by atoms with Gasteiger partial charge in [-0.3, -0.25) is 0 Å². The Hall–Kier alpha value is -1.99. The lowest BCUT2D eigenvalue weighted by atomic mass is 9.98. The molecule has 1 aliphatic rings. The number of aliphatic hydroxyl groups is 1. The third-order valence-corrected chi connectivity index (χ3v) is 3.60. The summed E-state index contributed by atoms with van der Waals surface area (Å²) in [5.41, 5.74) is 2.21. The minimum absolute atomic E-state index is 0.459. The van der Waals surface area contributed by atoms with E-state index < -0.39 is 6.10 Å². The first kappa shape index (κ1) is 9.08. The molecule has 17 heavy (non-hydrogen) atoms. The molecule has 1 aliphatic carbocycles. The van der Waals surface area contributed by atoms with E-state index in [4.69, 9.17) is 0 Å². The molecule has 0 saturated carbocycles. The van der Waals surface area contributed by atoms with Crippen molar-refractivity contribution in [2.75, 3.05) is 0 Å². The Morgan fingerprint density at radius 2 is 1.76 bits per heavy atom. The highest BCUT2D eigenvalue weighted by Gasteiger charge is 2.32. The van der Waals surface area contributed by atoms with Crippen LogP contribution in [0.2, 0.25) is 0 Å². The molecule has 1 nitrogen and oxygen atoms in total. The van der Waals surface area contributed by atoms with Gasteiger partial charge in [0.25, 0.3) is 0 Å². The lowest BCUT2D eigenvalue weighted by molar-refractivity contribution is 0.221. The fraction of sp³-hybridized carbons (Fsp3) is 0.0625. The summed E-state index contributed by atoms with van der Waals surface area (Å²) in [7, 11) is 0. The van der Waals surface area contributed by atoms with Gasteiger partial charge in [-0.1, -0.05) is 12.1 Å². The molecule has 0 heterocycles. The van der Waals surface area contributed by atoms with Crippen LogP contribution in [0, 0.1) is 6.42 Å². The number of fused-ring (bicyclic) bond motifs is 2. The summed E-state index contributed by atoms with van der Waals surface area (Å²) < 4.78 is 0. The first-order chi connectivity index (χ1) is 8.34. The van der Waals surface area contributed by atoms with Crippen LogP contribution in [0.3, 0.4) is 0 Å². The van der Waals surface area contributed by atoms with Crippen LogP contribution in [-0.4, -0.2) is 5.11 Å². The van der Waals surface area contributed by atoms with E-state index >= 15 is 0 Å². The van der Waals surface area contributed by atoms with Crippen LogP contribution in [0.1, 0.15) is 17.2 Å². The molecule has 0 aromatic heterocycles. The average molecular weight is 219 g/mol. The Bertz CT molecular complexity index is 743. The number of rotatable bonds is 0. The Balaban J connectivity index is 2.29. The van der Waals surface area contributed by atoms with Crippen LogP contribution in [0.15, 0.2) is 48.5 Å². The predicted molar refractivity (Wildman–Crippen MR) is 69.8 cm³/mol. The van der Waals surface area contributed by atoms with Crippen LogP contribution in [0.5, 0.6) is 0 Å². The van der Waals surface area contributed by atoms with E-state index in [-0.39, 0.29) is 0 Å². The molecule has 80 valence electrons. The van der Waals surface area contributed by atoms with Crippen LogP contribution in [0.4, 0.5) is 0 Å². The second-order valence-corrected chi connectivity index (χ2v) is 4.57. The van der Waals surface area contributed by atoms with E-state index in [0.717, 1.165) is 5.56 Å².